The first-order chi connectivity index (χ1) is 10.7. The van der Waals surface area contributed by atoms with Gasteiger partial charge in [0.2, 0.25) is 0 Å². The molecule has 0 aliphatic heterocycles. The molecule has 0 radical (unpaired) electrons. The number of carbonyl (C=O) groups is 2. The number of ether oxygens (including phenoxy) is 2. The first-order valence-corrected chi connectivity index (χ1v) is 6.57. The summed E-state index contributed by atoms with van der Waals surface area (Å²) in [5.74, 6) is -32.7. The number of esters is 2. The highest BCUT2D eigenvalue weighted by molar-refractivity contribution is 5.82. The molecule has 0 atom stereocenters. The number of rotatable bonds is 9. The zero-order valence-electron chi connectivity index (χ0n) is 12.5. The predicted molar refractivity (Wildman–Crippen MR) is 62.3 cm³/mol. The molecule has 0 aromatic heterocycles. The quantitative estimate of drug-likeness (QED) is 0.458. The zero-order chi connectivity index (χ0) is 19.4. The summed E-state index contributed by atoms with van der Waals surface area (Å²) in [7, 11) is 0. The lowest BCUT2D eigenvalue weighted by atomic mass is 9.98. The molecule has 0 saturated carbocycles. The van der Waals surface area contributed by atoms with E-state index in [1.54, 1.807) is 0 Å². The van der Waals surface area contributed by atoms with Gasteiger partial charge in [-0.25, -0.2) is 9.59 Å². The summed E-state index contributed by atoms with van der Waals surface area (Å²) in [5, 5.41) is 0. The molecule has 4 nitrogen and oxygen atoms in total. The number of alkyl halides is 8. The summed E-state index contributed by atoms with van der Waals surface area (Å²) >= 11 is 0. The average Bonchev–Trinajstić information content (AvgIpc) is 2.49. The van der Waals surface area contributed by atoms with Crippen LogP contribution in [0.3, 0.4) is 0 Å². The van der Waals surface area contributed by atoms with E-state index in [2.05, 4.69) is 9.47 Å². The molecule has 12 heteroatoms. The number of carbonyl (C=O) groups excluding carboxylic acids is 2. The van der Waals surface area contributed by atoms with E-state index in [0.717, 1.165) is 0 Å². The van der Waals surface area contributed by atoms with Gasteiger partial charge in [-0.1, -0.05) is 13.8 Å². The summed E-state index contributed by atoms with van der Waals surface area (Å²) in [5.41, 5.74) is 0. The minimum absolute atomic E-state index is 0.122. The second-order valence-corrected chi connectivity index (χ2v) is 4.57. The molecule has 0 aromatic rings. The van der Waals surface area contributed by atoms with E-state index < -0.39 is 48.8 Å². The molecular formula is C12H14F8O4. The van der Waals surface area contributed by atoms with Gasteiger partial charge in [-0.3, -0.25) is 0 Å². The smallest absolute Gasteiger partial charge is 0.411 e. The zero-order valence-corrected chi connectivity index (χ0v) is 12.5. The highest BCUT2D eigenvalue weighted by Gasteiger charge is 2.85. The normalized spacial score (nSPS) is 13.6. The third-order valence-corrected chi connectivity index (χ3v) is 2.57. The highest BCUT2D eigenvalue weighted by atomic mass is 19.4. The Labute approximate surface area is 131 Å². The molecule has 0 saturated heterocycles. The van der Waals surface area contributed by atoms with Gasteiger partial charge in [0, 0.05) is 0 Å². The maximum atomic E-state index is 13.3. The third kappa shape index (κ3) is 3.72. The van der Waals surface area contributed by atoms with E-state index in [-0.39, 0.29) is 12.8 Å². The first-order valence-electron chi connectivity index (χ1n) is 6.57. The van der Waals surface area contributed by atoms with Crippen molar-refractivity contribution in [2.45, 2.75) is 50.4 Å². The van der Waals surface area contributed by atoms with Crippen LogP contribution in [0.2, 0.25) is 0 Å². The van der Waals surface area contributed by atoms with Gasteiger partial charge in [-0.2, -0.15) is 35.1 Å². The molecule has 0 amide bonds. The fourth-order valence-corrected chi connectivity index (χ4v) is 1.22. The monoisotopic (exact) mass is 374 g/mol. The number of hydrogen-bond acceptors (Lipinski definition) is 4. The van der Waals surface area contributed by atoms with Crippen molar-refractivity contribution >= 4 is 11.9 Å². The molecule has 0 heterocycles. The maximum absolute atomic E-state index is 13.3. The lowest BCUT2D eigenvalue weighted by Gasteiger charge is -2.34. The summed E-state index contributed by atoms with van der Waals surface area (Å²) in [6.07, 6.45) is -0.243. The summed E-state index contributed by atoms with van der Waals surface area (Å²) < 4.78 is 114. The Hall–Kier alpha value is -1.62. The van der Waals surface area contributed by atoms with Gasteiger partial charge in [-0.15, -0.1) is 0 Å². The SMILES string of the molecule is CCCOC(=O)C(F)(F)C(F)(F)C(F)(F)C(F)(F)C(=O)OCCC. The molecule has 0 unspecified atom stereocenters. The van der Waals surface area contributed by atoms with Crippen LogP contribution in [-0.2, 0) is 19.1 Å². The van der Waals surface area contributed by atoms with Crippen LogP contribution < -0.4 is 0 Å². The van der Waals surface area contributed by atoms with Crippen LogP contribution >= 0.6 is 0 Å². The largest absolute Gasteiger partial charge is 0.461 e. The van der Waals surface area contributed by atoms with E-state index in [0.29, 0.717) is 0 Å². The molecule has 0 fully saturated rings. The van der Waals surface area contributed by atoms with Crippen molar-refractivity contribution in [1.82, 2.24) is 0 Å². The van der Waals surface area contributed by atoms with Gasteiger partial charge in [0.1, 0.15) is 0 Å². The van der Waals surface area contributed by atoms with E-state index in [9.17, 15) is 44.7 Å². The van der Waals surface area contributed by atoms with Gasteiger partial charge in [0.25, 0.3) is 0 Å². The molecule has 0 aliphatic carbocycles. The van der Waals surface area contributed by atoms with Crippen molar-refractivity contribution in [3.63, 3.8) is 0 Å². The van der Waals surface area contributed by atoms with E-state index in [1.165, 1.54) is 13.8 Å². The van der Waals surface area contributed by atoms with E-state index in [1.807, 2.05) is 0 Å². The molecule has 0 N–H and O–H groups in total. The van der Waals surface area contributed by atoms with Crippen molar-refractivity contribution in [3.8, 4) is 0 Å². The van der Waals surface area contributed by atoms with Gasteiger partial charge in [0.15, 0.2) is 0 Å². The molecule has 0 spiro atoms. The van der Waals surface area contributed by atoms with Gasteiger partial charge in [-0.05, 0) is 12.8 Å². The minimum atomic E-state index is -6.92. The fraction of sp³-hybridized carbons (Fsp3) is 0.833. The van der Waals surface area contributed by atoms with Crippen LogP contribution in [0.15, 0.2) is 0 Å². The van der Waals surface area contributed by atoms with Gasteiger partial charge >= 0.3 is 35.6 Å². The van der Waals surface area contributed by atoms with Gasteiger partial charge < -0.3 is 9.47 Å². The van der Waals surface area contributed by atoms with Crippen molar-refractivity contribution in [2.24, 2.45) is 0 Å². The second-order valence-electron chi connectivity index (χ2n) is 4.57. The van der Waals surface area contributed by atoms with Crippen LogP contribution in [0.4, 0.5) is 35.1 Å². The Morgan fingerprint density at radius 2 is 0.917 bits per heavy atom. The average molecular weight is 374 g/mol. The van der Waals surface area contributed by atoms with Gasteiger partial charge in [0.05, 0.1) is 13.2 Å². The van der Waals surface area contributed by atoms with Crippen LogP contribution in [0.25, 0.3) is 0 Å². The third-order valence-electron chi connectivity index (χ3n) is 2.57. The summed E-state index contributed by atoms with van der Waals surface area (Å²) in [6, 6.07) is 0. The van der Waals surface area contributed by atoms with E-state index in [4.69, 9.17) is 0 Å². The molecule has 0 bridgehead atoms. The van der Waals surface area contributed by atoms with Crippen LogP contribution in [0, 0.1) is 0 Å². The first kappa shape index (κ1) is 22.4. The predicted octanol–water partition coefficient (Wildman–Crippen LogP) is 3.43. The minimum Gasteiger partial charge on any atom is -0.461 e. The Morgan fingerprint density at radius 3 is 1.12 bits per heavy atom. The Balaban J connectivity index is 5.70. The highest BCUT2D eigenvalue weighted by Crippen LogP contribution is 2.53. The summed E-state index contributed by atoms with van der Waals surface area (Å²) in [4.78, 5) is 21.7. The number of halogens is 8. The standard InChI is InChI=1S/C12H14F8O4/c1-3-5-23-7(21)9(13,14)11(17,18)12(19,20)10(15,16)8(22)24-6-4-2/h3-6H2,1-2H3. The van der Waals surface area contributed by atoms with Crippen LogP contribution in [-0.4, -0.2) is 48.8 Å². The van der Waals surface area contributed by atoms with E-state index >= 15 is 0 Å². The van der Waals surface area contributed by atoms with Crippen molar-refractivity contribution in [1.29, 1.82) is 0 Å². The Bertz CT molecular complexity index is 422. The van der Waals surface area contributed by atoms with Crippen LogP contribution in [0.5, 0.6) is 0 Å². The lowest BCUT2D eigenvalue weighted by Crippen LogP contribution is -2.66. The topological polar surface area (TPSA) is 52.6 Å². The lowest BCUT2D eigenvalue weighted by molar-refractivity contribution is -0.354. The number of hydrogen-bond donors (Lipinski definition) is 0. The second kappa shape index (κ2) is 7.51. The molecule has 142 valence electrons. The molecule has 0 aliphatic rings. The van der Waals surface area contributed by atoms with Crippen molar-refractivity contribution in [2.75, 3.05) is 13.2 Å². The van der Waals surface area contributed by atoms with Crippen molar-refractivity contribution < 1.29 is 54.2 Å². The summed E-state index contributed by atoms with van der Waals surface area (Å²) in [6.45, 7) is 0.891. The molecule has 24 heavy (non-hydrogen) atoms. The molecule has 0 rings (SSSR count). The fourth-order valence-electron chi connectivity index (χ4n) is 1.22. The van der Waals surface area contributed by atoms with Crippen LogP contribution in [0.1, 0.15) is 26.7 Å². The Kier molecular flexibility index (Phi) is 7.01. The Morgan fingerprint density at radius 1 is 0.667 bits per heavy atom. The molecule has 0 aromatic carbocycles. The maximum Gasteiger partial charge on any atom is 0.411 e. The van der Waals surface area contributed by atoms with Crippen molar-refractivity contribution in [3.05, 3.63) is 0 Å². The molecular weight excluding hydrogens is 360 g/mol.